The summed E-state index contributed by atoms with van der Waals surface area (Å²) in [6, 6.07) is 3.29. The van der Waals surface area contributed by atoms with Crippen molar-refractivity contribution in [3.63, 3.8) is 0 Å². The van der Waals surface area contributed by atoms with E-state index in [1.54, 1.807) is 19.1 Å². The van der Waals surface area contributed by atoms with E-state index in [1.165, 1.54) is 13.2 Å². The summed E-state index contributed by atoms with van der Waals surface area (Å²) in [4.78, 5) is 15.6. The van der Waals surface area contributed by atoms with Crippen LogP contribution in [0.4, 0.5) is 0 Å². The monoisotopic (exact) mass is 409 g/mol. The molecule has 1 N–H and O–H groups in total. The van der Waals surface area contributed by atoms with Gasteiger partial charge in [0.1, 0.15) is 29.2 Å². The van der Waals surface area contributed by atoms with Crippen LogP contribution in [0.15, 0.2) is 27.9 Å². The topological polar surface area (TPSA) is 77.3 Å². The number of nitrogens with zero attached hydrogens (tertiary/aromatic N) is 1. The van der Waals surface area contributed by atoms with Crippen molar-refractivity contribution in [3.8, 4) is 11.5 Å². The molecule has 0 saturated heterocycles. The van der Waals surface area contributed by atoms with Crippen molar-refractivity contribution in [1.82, 2.24) is 0 Å². The van der Waals surface area contributed by atoms with Crippen LogP contribution >= 0.6 is 34.8 Å². The molecule has 0 aromatic heterocycles. The molecule has 25 heavy (non-hydrogen) atoms. The number of rotatable bonds is 10. The number of ether oxygens (including phenoxy) is 2. The molecule has 0 radical (unpaired) electrons. The highest BCUT2D eigenvalue weighted by atomic mass is 35.5. The third-order valence-electron chi connectivity index (χ3n) is 2.93. The van der Waals surface area contributed by atoms with Gasteiger partial charge in [0.05, 0.1) is 17.8 Å². The van der Waals surface area contributed by atoms with E-state index in [-0.39, 0.29) is 24.1 Å². The van der Waals surface area contributed by atoms with Crippen molar-refractivity contribution in [1.29, 1.82) is 0 Å². The zero-order valence-electron chi connectivity index (χ0n) is 13.7. The number of benzene rings is 1. The van der Waals surface area contributed by atoms with Crippen LogP contribution < -0.4 is 9.47 Å². The Kier molecular flexibility index (Phi) is 9.49. The van der Waals surface area contributed by atoms with Gasteiger partial charge in [-0.15, -0.1) is 0 Å². The Hall–Kier alpha value is -1.63. The summed E-state index contributed by atoms with van der Waals surface area (Å²) in [5, 5.41) is 12.9. The summed E-state index contributed by atoms with van der Waals surface area (Å²) < 4.78 is 10.9. The number of halogens is 3. The summed E-state index contributed by atoms with van der Waals surface area (Å²) in [5.74, 6) is 0.0242. The smallest absolute Gasteiger partial charge is 0.303 e. The van der Waals surface area contributed by atoms with Gasteiger partial charge in [0.2, 0.25) is 0 Å². The van der Waals surface area contributed by atoms with Crippen LogP contribution in [0.3, 0.4) is 0 Å². The highest BCUT2D eigenvalue weighted by molar-refractivity contribution is 6.55. The van der Waals surface area contributed by atoms with Gasteiger partial charge >= 0.3 is 5.97 Å². The quantitative estimate of drug-likeness (QED) is 0.345. The third kappa shape index (κ3) is 7.86. The van der Waals surface area contributed by atoms with Crippen molar-refractivity contribution < 1.29 is 24.2 Å². The minimum Gasteiger partial charge on any atom is -0.494 e. The van der Waals surface area contributed by atoms with E-state index >= 15 is 0 Å². The molecule has 0 fully saturated rings. The predicted molar refractivity (Wildman–Crippen MR) is 98.3 cm³/mol. The first-order valence-electron chi connectivity index (χ1n) is 7.25. The number of oxime groups is 1. The number of carbonyl (C=O) groups is 1. The van der Waals surface area contributed by atoms with Crippen LogP contribution in [0.5, 0.6) is 11.5 Å². The van der Waals surface area contributed by atoms with Crippen molar-refractivity contribution in [2.75, 3.05) is 20.3 Å². The standard InChI is InChI=1S/C16H18Cl3NO5/c1-10(20-25-6-3-4-15(21)22)12-8-11(24-7-5-14(18)19)9-13(17)16(12)23-2/h5,8-9H,3-4,6-7H2,1-2H3,(H,21,22)/b20-10-. The van der Waals surface area contributed by atoms with Gasteiger partial charge in [0.15, 0.2) is 0 Å². The highest BCUT2D eigenvalue weighted by Crippen LogP contribution is 2.34. The van der Waals surface area contributed by atoms with E-state index in [2.05, 4.69) is 5.16 Å². The molecule has 138 valence electrons. The zero-order valence-corrected chi connectivity index (χ0v) is 16.0. The Morgan fingerprint density at radius 3 is 2.68 bits per heavy atom. The molecule has 0 saturated carbocycles. The lowest BCUT2D eigenvalue weighted by Crippen LogP contribution is -2.04. The lowest BCUT2D eigenvalue weighted by molar-refractivity contribution is -0.137. The molecule has 9 heteroatoms. The summed E-state index contributed by atoms with van der Waals surface area (Å²) >= 11 is 17.3. The van der Waals surface area contributed by atoms with Crippen LogP contribution in [0.25, 0.3) is 0 Å². The first kappa shape index (κ1) is 21.4. The van der Waals surface area contributed by atoms with Crippen LogP contribution in [0.1, 0.15) is 25.3 Å². The van der Waals surface area contributed by atoms with Gasteiger partial charge in [-0.05, 0) is 25.5 Å². The second-order valence-corrected chi connectivity index (χ2v) is 6.21. The second kappa shape index (κ2) is 11.1. The lowest BCUT2D eigenvalue weighted by Gasteiger charge is -2.13. The molecule has 0 bridgehead atoms. The Bertz CT molecular complexity index is 657. The minimum absolute atomic E-state index is 0.0176. The molecule has 0 unspecified atom stereocenters. The number of methoxy groups -OCH3 is 1. The van der Waals surface area contributed by atoms with Gasteiger partial charge in [0.25, 0.3) is 0 Å². The van der Waals surface area contributed by atoms with Gasteiger partial charge in [0, 0.05) is 18.1 Å². The predicted octanol–water partition coefficient (Wildman–Crippen LogP) is 4.65. The highest BCUT2D eigenvalue weighted by Gasteiger charge is 2.14. The fraction of sp³-hybridized carbons (Fsp3) is 0.375. The first-order valence-corrected chi connectivity index (χ1v) is 8.38. The Labute approximate surface area is 160 Å². The number of carboxylic acids is 1. The normalized spacial score (nSPS) is 11.0. The molecule has 1 rings (SSSR count). The van der Waals surface area contributed by atoms with Gasteiger partial charge in [-0.3, -0.25) is 4.79 Å². The van der Waals surface area contributed by atoms with E-state index in [1.807, 2.05) is 0 Å². The maximum atomic E-state index is 10.4. The third-order valence-corrected chi connectivity index (χ3v) is 3.52. The fourth-order valence-corrected chi connectivity index (χ4v) is 2.22. The van der Waals surface area contributed by atoms with Gasteiger partial charge in [-0.1, -0.05) is 40.0 Å². The number of carboxylic acid groups (broad SMARTS) is 1. The molecule has 6 nitrogen and oxygen atoms in total. The van der Waals surface area contributed by atoms with E-state index in [4.69, 9.17) is 54.2 Å². The molecule has 0 aliphatic heterocycles. The average Bonchev–Trinajstić information content (AvgIpc) is 2.53. The van der Waals surface area contributed by atoms with Gasteiger partial charge in [-0.2, -0.15) is 0 Å². The molecule has 0 spiro atoms. The molecule has 0 aliphatic rings. The van der Waals surface area contributed by atoms with Crippen molar-refractivity contribution >= 4 is 46.5 Å². The Morgan fingerprint density at radius 2 is 2.08 bits per heavy atom. The van der Waals surface area contributed by atoms with Crippen LogP contribution in [-0.4, -0.2) is 37.1 Å². The largest absolute Gasteiger partial charge is 0.494 e. The van der Waals surface area contributed by atoms with Gasteiger partial charge < -0.3 is 19.4 Å². The van der Waals surface area contributed by atoms with Crippen LogP contribution in [0, 0.1) is 0 Å². The molecule has 1 aromatic rings. The second-order valence-electron chi connectivity index (χ2n) is 4.80. The average molecular weight is 411 g/mol. The van der Waals surface area contributed by atoms with Crippen LogP contribution in [0.2, 0.25) is 5.02 Å². The van der Waals surface area contributed by atoms with E-state index in [9.17, 15) is 4.79 Å². The molecule has 0 amide bonds. The lowest BCUT2D eigenvalue weighted by atomic mass is 10.1. The zero-order chi connectivity index (χ0) is 18.8. The minimum atomic E-state index is -0.881. The van der Waals surface area contributed by atoms with E-state index < -0.39 is 5.97 Å². The van der Waals surface area contributed by atoms with Crippen molar-refractivity contribution in [2.45, 2.75) is 19.8 Å². The molecular weight excluding hydrogens is 393 g/mol. The number of hydrogen-bond acceptors (Lipinski definition) is 5. The van der Waals surface area contributed by atoms with Crippen LogP contribution in [-0.2, 0) is 9.63 Å². The summed E-state index contributed by atoms with van der Waals surface area (Å²) in [5.41, 5.74) is 1.09. The molecule has 0 atom stereocenters. The SMILES string of the molecule is COc1c(Cl)cc(OCC=C(Cl)Cl)cc1/C(C)=N\OCCCC(=O)O. The number of hydrogen-bond donors (Lipinski definition) is 1. The summed E-state index contributed by atoms with van der Waals surface area (Å²) in [7, 11) is 1.49. The molecule has 0 heterocycles. The fourth-order valence-electron chi connectivity index (χ4n) is 1.81. The molecule has 0 aliphatic carbocycles. The Balaban J connectivity index is 2.88. The van der Waals surface area contributed by atoms with Crippen molar-refractivity contribution in [2.24, 2.45) is 5.16 Å². The summed E-state index contributed by atoms with van der Waals surface area (Å²) in [6.07, 6.45) is 1.87. The Morgan fingerprint density at radius 1 is 1.36 bits per heavy atom. The van der Waals surface area contributed by atoms with Crippen molar-refractivity contribution in [3.05, 3.63) is 33.3 Å². The van der Waals surface area contributed by atoms with E-state index in [0.29, 0.717) is 34.2 Å². The maximum Gasteiger partial charge on any atom is 0.303 e. The summed E-state index contributed by atoms with van der Waals surface area (Å²) in [6.45, 7) is 2.08. The molecule has 1 aromatic carbocycles. The first-order chi connectivity index (χ1) is 11.8. The molecular formula is C16H18Cl3NO5. The van der Waals surface area contributed by atoms with Gasteiger partial charge in [-0.25, -0.2) is 0 Å². The van der Waals surface area contributed by atoms with E-state index in [0.717, 1.165) is 0 Å². The number of aliphatic carboxylic acids is 1. The maximum absolute atomic E-state index is 10.4.